The van der Waals surface area contributed by atoms with Gasteiger partial charge in [0.25, 0.3) is 0 Å². The Morgan fingerprint density at radius 3 is 2.64 bits per heavy atom. The number of aryl methyl sites for hydroxylation is 1. The van der Waals surface area contributed by atoms with Crippen molar-refractivity contribution in [3.8, 4) is 0 Å². The molecule has 0 amide bonds. The van der Waals surface area contributed by atoms with Gasteiger partial charge in [0, 0.05) is 33.1 Å². The Hall–Kier alpha value is -1.18. The van der Waals surface area contributed by atoms with Gasteiger partial charge in [-0.1, -0.05) is 22.9 Å². The van der Waals surface area contributed by atoms with Gasteiger partial charge < -0.3 is 9.47 Å². The van der Waals surface area contributed by atoms with E-state index in [1.54, 1.807) is 17.7 Å². The Kier molecular flexibility index (Phi) is 5.24. The molecule has 2 fully saturated rings. The highest BCUT2D eigenvalue weighted by molar-refractivity contribution is 7.16. The molecule has 2 saturated heterocycles. The lowest BCUT2D eigenvalue weighted by Crippen LogP contribution is -2.34. The maximum absolute atomic E-state index is 6.41. The van der Waals surface area contributed by atoms with Crippen molar-refractivity contribution >= 4 is 28.1 Å². The first-order valence-corrected chi connectivity index (χ1v) is 10.3. The minimum absolute atomic E-state index is 0.702. The minimum atomic E-state index is 0.702. The third-order valence-corrected chi connectivity index (χ3v) is 6.89. The summed E-state index contributed by atoms with van der Waals surface area (Å²) in [5, 5.41) is 10.0. The molecule has 0 saturated carbocycles. The van der Waals surface area contributed by atoms with Crippen LogP contribution in [0.5, 0.6) is 0 Å². The number of rotatable bonds is 5. The molecule has 8 heteroatoms. The van der Waals surface area contributed by atoms with E-state index in [1.807, 2.05) is 11.6 Å². The van der Waals surface area contributed by atoms with Gasteiger partial charge in [-0.25, -0.2) is 4.98 Å². The second kappa shape index (κ2) is 7.60. The molecule has 0 unspecified atom stereocenters. The highest BCUT2D eigenvalue weighted by Crippen LogP contribution is 2.33. The van der Waals surface area contributed by atoms with E-state index in [2.05, 4.69) is 25.0 Å². The van der Waals surface area contributed by atoms with Crippen LogP contribution < -0.4 is 4.90 Å². The smallest absolute Gasteiger partial charge is 0.187 e. The van der Waals surface area contributed by atoms with Crippen molar-refractivity contribution in [2.45, 2.75) is 38.6 Å². The Morgan fingerprint density at radius 1 is 1.20 bits per heavy atom. The number of halogens is 1. The van der Waals surface area contributed by atoms with Gasteiger partial charge in [0.15, 0.2) is 5.13 Å². The van der Waals surface area contributed by atoms with Crippen LogP contribution in [0, 0.1) is 5.92 Å². The average molecular weight is 381 g/mol. The molecule has 2 aliphatic rings. The van der Waals surface area contributed by atoms with Crippen molar-refractivity contribution in [1.82, 2.24) is 24.6 Å². The molecule has 0 atom stereocenters. The van der Waals surface area contributed by atoms with Crippen LogP contribution in [0.4, 0.5) is 5.13 Å². The fraction of sp³-hybridized carbons (Fsp3) is 0.706. The number of anilines is 1. The SMILES string of the molecule is Cn1cnnc1CC1CCN(Cc2sc(N3CCCC3)nc2Cl)CC1. The summed E-state index contributed by atoms with van der Waals surface area (Å²) in [5.41, 5.74) is 0. The molecule has 136 valence electrons. The Morgan fingerprint density at radius 2 is 1.96 bits per heavy atom. The molecule has 0 N–H and O–H groups in total. The lowest BCUT2D eigenvalue weighted by Gasteiger charge is -2.31. The van der Waals surface area contributed by atoms with Crippen molar-refractivity contribution in [2.75, 3.05) is 31.1 Å². The second-order valence-corrected chi connectivity index (χ2v) is 8.61. The topological polar surface area (TPSA) is 50.1 Å². The molecule has 6 nitrogen and oxygen atoms in total. The van der Waals surface area contributed by atoms with Crippen molar-refractivity contribution in [3.05, 3.63) is 22.2 Å². The van der Waals surface area contributed by atoms with Crippen LogP contribution in [0.2, 0.25) is 5.15 Å². The molecule has 25 heavy (non-hydrogen) atoms. The van der Waals surface area contributed by atoms with Gasteiger partial charge in [0.05, 0.1) is 4.88 Å². The van der Waals surface area contributed by atoms with Crippen molar-refractivity contribution < 1.29 is 0 Å². The van der Waals surface area contributed by atoms with Gasteiger partial charge in [-0.05, 0) is 44.7 Å². The lowest BCUT2D eigenvalue weighted by atomic mass is 9.93. The molecular formula is C17H25ClN6S. The minimum Gasteiger partial charge on any atom is -0.348 e. The monoisotopic (exact) mass is 380 g/mol. The van der Waals surface area contributed by atoms with Crippen LogP contribution in [-0.2, 0) is 20.0 Å². The van der Waals surface area contributed by atoms with Crippen LogP contribution in [0.1, 0.15) is 36.4 Å². The van der Waals surface area contributed by atoms with E-state index in [9.17, 15) is 0 Å². The molecule has 0 bridgehead atoms. The largest absolute Gasteiger partial charge is 0.348 e. The van der Waals surface area contributed by atoms with Crippen LogP contribution in [0.15, 0.2) is 6.33 Å². The van der Waals surface area contributed by atoms with Crippen molar-refractivity contribution in [3.63, 3.8) is 0 Å². The van der Waals surface area contributed by atoms with E-state index < -0.39 is 0 Å². The van der Waals surface area contributed by atoms with Gasteiger partial charge in [-0.2, -0.15) is 0 Å². The maximum atomic E-state index is 6.41. The number of nitrogens with zero attached hydrogens (tertiary/aromatic N) is 6. The third-order valence-electron chi connectivity index (χ3n) is 5.37. The fourth-order valence-electron chi connectivity index (χ4n) is 3.76. The van der Waals surface area contributed by atoms with E-state index in [1.165, 1.54) is 30.6 Å². The van der Waals surface area contributed by atoms with E-state index >= 15 is 0 Å². The number of piperidine rings is 1. The van der Waals surface area contributed by atoms with Gasteiger partial charge in [0.1, 0.15) is 17.3 Å². The zero-order valence-electron chi connectivity index (χ0n) is 14.7. The molecule has 0 spiro atoms. The zero-order chi connectivity index (χ0) is 17.2. The van der Waals surface area contributed by atoms with Crippen LogP contribution in [0.3, 0.4) is 0 Å². The number of hydrogen-bond donors (Lipinski definition) is 0. The van der Waals surface area contributed by atoms with E-state index in [4.69, 9.17) is 11.6 Å². The summed E-state index contributed by atoms with van der Waals surface area (Å²) in [7, 11) is 2.02. The maximum Gasteiger partial charge on any atom is 0.187 e. The predicted molar refractivity (Wildman–Crippen MR) is 101 cm³/mol. The Balaban J connectivity index is 1.30. The fourth-order valence-corrected chi connectivity index (χ4v) is 5.12. The summed E-state index contributed by atoms with van der Waals surface area (Å²) in [5.74, 6) is 1.80. The molecule has 0 aliphatic carbocycles. The summed E-state index contributed by atoms with van der Waals surface area (Å²) < 4.78 is 2.03. The predicted octanol–water partition coefficient (Wildman–Crippen LogP) is 2.98. The summed E-state index contributed by atoms with van der Waals surface area (Å²) in [6, 6.07) is 0. The highest BCUT2D eigenvalue weighted by Gasteiger charge is 2.24. The number of aromatic nitrogens is 4. The molecule has 2 aromatic rings. The Bertz CT molecular complexity index is 700. The van der Waals surface area contributed by atoms with Gasteiger partial charge in [-0.15, -0.1) is 10.2 Å². The lowest BCUT2D eigenvalue weighted by molar-refractivity contribution is 0.176. The average Bonchev–Trinajstić information content (AvgIpc) is 3.33. The van der Waals surface area contributed by atoms with Crippen LogP contribution in [-0.4, -0.2) is 50.8 Å². The molecule has 4 heterocycles. The quantitative estimate of drug-likeness (QED) is 0.798. The molecule has 0 radical (unpaired) electrons. The van der Waals surface area contributed by atoms with Crippen molar-refractivity contribution in [2.24, 2.45) is 13.0 Å². The summed E-state index contributed by atoms with van der Waals surface area (Å²) in [6.45, 7) is 5.42. The molecule has 4 rings (SSSR count). The van der Waals surface area contributed by atoms with Crippen LogP contribution >= 0.6 is 22.9 Å². The van der Waals surface area contributed by atoms with E-state index in [0.29, 0.717) is 11.1 Å². The normalized spacial score (nSPS) is 19.8. The summed E-state index contributed by atoms with van der Waals surface area (Å²) in [4.78, 5) is 10.7. The molecular weight excluding hydrogens is 356 g/mol. The van der Waals surface area contributed by atoms with Crippen LogP contribution in [0.25, 0.3) is 0 Å². The number of hydrogen-bond acceptors (Lipinski definition) is 6. The highest BCUT2D eigenvalue weighted by atomic mass is 35.5. The first-order chi connectivity index (χ1) is 12.2. The number of thiazole rings is 1. The van der Waals surface area contributed by atoms with Gasteiger partial charge >= 0.3 is 0 Å². The zero-order valence-corrected chi connectivity index (χ0v) is 16.3. The molecule has 0 aromatic carbocycles. The first-order valence-electron chi connectivity index (χ1n) is 9.14. The standard InChI is InChI=1S/C17H25ClN6S/c1-22-12-19-21-15(22)10-13-4-8-23(9-5-13)11-14-16(18)20-17(25-14)24-6-2-3-7-24/h12-13H,2-11H2,1H3. The first kappa shape index (κ1) is 17.2. The Labute approximate surface area is 157 Å². The molecule has 2 aliphatic heterocycles. The van der Waals surface area contributed by atoms with E-state index in [0.717, 1.165) is 50.1 Å². The van der Waals surface area contributed by atoms with Gasteiger partial charge in [-0.3, -0.25) is 4.90 Å². The second-order valence-electron chi connectivity index (χ2n) is 7.19. The summed E-state index contributed by atoms with van der Waals surface area (Å²) in [6.07, 6.45) is 7.78. The molecule has 2 aromatic heterocycles. The number of likely N-dealkylation sites (tertiary alicyclic amines) is 1. The van der Waals surface area contributed by atoms with Gasteiger partial charge in [0.2, 0.25) is 0 Å². The van der Waals surface area contributed by atoms with Crippen molar-refractivity contribution in [1.29, 1.82) is 0 Å². The van der Waals surface area contributed by atoms with E-state index in [-0.39, 0.29) is 0 Å². The third kappa shape index (κ3) is 3.99. The summed E-state index contributed by atoms with van der Waals surface area (Å²) >= 11 is 8.19.